The average Bonchev–Trinajstić information content (AvgIpc) is 3.36. The molecule has 7 nitrogen and oxygen atoms in total. The molecule has 0 aliphatic carbocycles. The van der Waals surface area contributed by atoms with Crippen molar-refractivity contribution in [2.75, 3.05) is 45.7 Å². The Bertz CT molecular complexity index is 774. The van der Waals surface area contributed by atoms with E-state index in [-0.39, 0.29) is 21.7 Å². The number of halogens is 1. The number of alkyl halides is 1. The molecule has 0 spiro atoms. The van der Waals surface area contributed by atoms with Crippen LogP contribution in [0.2, 0.25) is 0 Å². The number of rotatable bonds is 26. The number of aromatic nitrogens is 1. The molecule has 1 aromatic heterocycles. The summed E-state index contributed by atoms with van der Waals surface area (Å²) in [4.78, 5) is 0. The Morgan fingerprint density at radius 2 is 1.50 bits per heavy atom. The summed E-state index contributed by atoms with van der Waals surface area (Å²) in [6, 6.07) is 1.66. The van der Waals surface area contributed by atoms with Crippen LogP contribution in [0.3, 0.4) is 0 Å². The van der Waals surface area contributed by atoms with E-state index in [0.717, 1.165) is 16.8 Å². The van der Waals surface area contributed by atoms with Crippen molar-refractivity contribution >= 4 is 44.4 Å². The molecular weight excluding hydrogens is 633 g/mol. The van der Waals surface area contributed by atoms with Gasteiger partial charge in [0.05, 0.1) is 36.7 Å². The second kappa shape index (κ2) is 21.7. The maximum Gasteiger partial charge on any atom is 0.254 e. The van der Waals surface area contributed by atoms with Crippen molar-refractivity contribution in [2.24, 2.45) is 0 Å². The largest absolute Gasteiger partial charge is 0.469 e. The minimum Gasteiger partial charge on any atom is -0.469 e. The van der Waals surface area contributed by atoms with E-state index in [1.54, 1.807) is 6.07 Å². The molecular formula is C28H55IN3O4S2+. The SMILES string of the molecule is CCCCCCCCCCCCCCCCSC(I)C(CNS(=O)(=O)CCC[N+](C)(C)C)Oc1ccon1. The Kier molecular flexibility index (Phi) is 20.5. The molecule has 0 saturated heterocycles. The first-order valence-corrected chi connectivity index (χ1v) is 18.7. The molecule has 224 valence electrons. The molecule has 38 heavy (non-hydrogen) atoms. The summed E-state index contributed by atoms with van der Waals surface area (Å²) in [5.74, 6) is 1.55. The van der Waals surface area contributed by atoms with E-state index >= 15 is 0 Å². The highest BCUT2D eigenvalue weighted by atomic mass is 127. The number of ether oxygens (including phenoxy) is 1. The topological polar surface area (TPSA) is 81.4 Å². The average molecular weight is 689 g/mol. The zero-order valence-corrected chi connectivity index (χ0v) is 28.3. The van der Waals surface area contributed by atoms with Crippen LogP contribution in [0.5, 0.6) is 5.88 Å². The van der Waals surface area contributed by atoms with Crippen LogP contribution in [0, 0.1) is 0 Å². The highest BCUT2D eigenvalue weighted by Crippen LogP contribution is 2.26. The fourth-order valence-corrected chi connectivity index (χ4v) is 7.41. The van der Waals surface area contributed by atoms with Crippen LogP contribution < -0.4 is 9.46 Å². The Hall–Kier alpha value is -0.0400. The fraction of sp³-hybridized carbons (Fsp3) is 0.893. The van der Waals surface area contributed by atoms with E-state index < -0.39 is 10.0 Å². The van der Waals surface area contributed by atoms with Gasteiger partial charge in [0.15, 0.2) is 0 Å². The van der Waals surface area contributed by atoms with E-state index in [4.69, 9.17) is 9.26 Å². The normalized spacial score (nSPS) is 14.0. The van der Waals surface area contributed by atoms with Crippen LogP contribution in [-0.2, 0) is 10.0 Å². The molecule has 1 N–H and O–H groups in total. The van der Waals surface area contributed by atoms with Crippen molar-refractivity contribution in [3.05, 3.63) is 12.3 Å². The maximum atomic E-state index is 12.5. The maximum absolute atomic E-state index is 12.5. The molecule has 0 radical (unpaired) electrons. The van der Waals surface area contributed by atoms with Gasteiger partial charge in [0.2, 0.25) is 10.0 Å². The number of hydrogen-bond donors (Lipinski definition) is 1. The number of thioether (sulfide) groups is 1. The smallest absolute Gasteiger partial charge is 0.254 e. The zero-order valence-electron chi connectivity index (χ0n) is 24.5. The molecule has 1 rings (SSSR count). The first kappa shape index (κ1) is 36.0. The molecule has 0 aromatic carbocycles. The van der Waals surface area contributed by atoms with Crippen molar-refractivity contribution in [3.8, 4) is 5.88 Å². The number of sulfonamides is 1. The first-order valence-electron chi connectivity index (χ1n) is 14.7. The lowest BCUT2D eigenvalue weighted by Crippen LogP contribution is -2.41. The summed E-state index contributed by atoms with van der Waals surface area (Å²) < 4.78 is 39.5. The first-order chi connectivity index (χ1) is 18.1. The van der Waals surface area contributed by atoms with Crippen molar-refractivity contribution < 1.29 is 22.2 Å². The Balaban J connectivity index is 2.21. The minimum atomic E-state index is -3.36. The number of hydrogen-bond acceptors (Lipinski definition) is 6. The predicted molar refractivity (Wildman–Crippen MR) is 171 cm³/mol. The molecule has 2 atom stereocenters. The zero-order chi connectivity index (χ0) is 28.1. The number of nitrogens with one attached hydrogen (secondary N) is 1. The lowest BCUT2D eigenvalue weighted by atomic mass is 10.0. The summed E-state index contributed by atoms with van der Waals surface area (Å²) in [7, 11) is 2.84. The number of unbranched alkanes of at least 4 members (excludes halogenated alkanes) is 13. The van der Waals surface area contributed by atoms with Crippen molar-refractivity contribution in [3.63, 3.8) is 0 Å². The van der Waals surface area contributed by atoms with Crippen LogP contribution in [-0.4, -0.2) is 73.2 Å². The monoisotopic (exact) mass is 688 g/mol. The third-order valence-corrected chi connectivity index (χ3v) is 11.0. The molecule has 0 saturated carbocycles. The second-order valence-corrected chi connectivity index (χ2v) is 16.7. The Morgan fingerprint density at radius 1 is 0.947 bits per heavy atom. The van der Waals surface area contributed by atoms with Gasteiger partial charge >= 0.3 is 0 Å². The molecule has 2 unspecified atom stereocenters. The van der Waals surface area contributed by atoms with Gasteiger partial charge in [0.1, 0.15) is 12.4 Å². The molecule has 0 aliphatic heterocycles. The molecule has 0 aliphatic rings. The summed E-state index contributed by atoms with van der Waals surface area (Å²) in [6.45, 7) is 3.31. The van der Waals surface area contributed by atoms with Crippen LogP contribution in [0.1, 0.15) is 103 Å². The van der Waals surface area contributed by atoms with Crippen molar-refractivity contribution in [2.45, 2.75) is 113 Å². The molecule has 1 aromatic rings. The van der Waals surface area contributed by atoms with Crippen molar-refractivity contribution in [1.29, 1.82) is 0 Å². The summed E-state index contributed by atoms with van der Waals surface area (Å²) in [5.41, 5.74) is 0. The highest BCUT2D eigenvalue weighted by molar-refractivity contribution is 14.1. The second-order valence-electron chi connectivity index (χ2n) is 11.3. The third kappa shape index (κ3) is 20.8. The lowest BCUT2D eigenvalue weighted by molar-refractivity contribution is -0.870. The van der Waals surface area contributed by atoms with Gasteiger partial charge in [-0.3, -0.25) is 0 Å². The van der Waals surface area contributed by atoms with Crippen molar-refractivity contribution in [1.82, 2.24) is 9.88 Å². The van der Waals surface area contributed by atoms with Gasteiger partial charge in [-0.1, -0.05) is 113 Å². The minimum absolute atomic E-state index is 0.0974. The number of quaternary nitrogens is 1. The van der Waals surface area contributed by atoms with Gasteiger partial charge in [0.25, 0.3) is 5.88 Å². The Morgan fingerprint density at radius 3 is 2.00 bits per heavy atom. The third-order valence-electron chi connectivity index (χ3n) is 6.50. The van der Waals surface area contributed by atoms with Crippen LogP contribution >= 0.6 is 34.4 Å². The van der Waals surface area contributed by atoms with Gasteiger partial charge < -0.3 is 13.7 Å². The molecule has 0 bridgehead atoms. The highest BCUT2D eigenvalue weighted by Gasteiger charge is 2.25. The van der Waals surface area contributed by atoms with Gasteiger partial charge in [-0.05, 0) is 17.3 Å². The summed E-state index contributed by atoms with van der Waals surface area (Å²) >= 11 is 4.19. The van der Waals surface area contributed by atoms with Gasteiger partial charge in [0, 0.05) is 19.0 Å². The van der Waals surface area contributed by atoms with E-state index in [0.29, 0.717) is 12.3 Å². The van der Waals surface area contributed by atoms with E-state index in [9.17, 15) is 8.42 Å². The van der Waals surface area contributed by atoms with E-state index in [1.807, 2.05) is 11.8 Å². The standard InChI is InChI=1S/C28H55IN3O4S2/c1-5-6-7-8-9-10-11-12-13-14-15-16-17-18-23-37-28(29)26(36-27-20-22-35-31-27)25-30-38(33,34)24-19-21-32(2,3)4/h20,22,26,28,30H,5-19,21,23-25H2,1-4H3/q+1. The quantitative estimate of drug-likeness (QED) is 0.0473. The Labute approximate surface area is 251 Å². The molecule has 0 amide bonds. The molecule has 10 heteroatoms. The summed E-state index contributed by atoms with van der Waals surface area (Å²) in [5, 5.41) is 3.85. The van der Waals surface area contributed by atoms with Crippen LogP contribution in [0.4, 0.5) is 0 Å². The van der Waals surface area contributed by atoms with Crippen LogP contribution in [0.25, 0.3) is 0 Å². The van der Waals surface area contributed by atoms with Crippen LogP contribution in [0.15, 0.2) is 16.9 Å². The van der Waals surface area contributed by atoms with E-state index in [2.05, 4.69) is 60.5 Å². The lowest BCUT2D eigenvalue weighted by Gasteiger charge is -2.24. The van der Waals surface area contributed by atoms with E-state index in [1.165, 1.54) is 96.2 Å². The van der Waals surface area contributed by atoms with Gasteiger partial charge in [-0.15, -0.1) is 11.8 Å². The molecule has 1 heterocycles. The summed E-state index contributed by atoms with van der Waals surface area (Å²) in [6.07, 6.45) is 20.8. The fourth-order valence-electron chi connectivity index (χ4n) is 4.22. The predicted octanol–water partition coefficient (Wildman–Crippen LogP) is 7.41. The van der Waals surface area contributed by atoms with Gasteiger partial charge in [-0.25, -0.2) is 13.1 Å². The number of nitrogens with zero attached hydrogens (tertiary/aromatic N) is 2. The van der Waals surface area contributed by atoms with Gasteiger partial charge in [-0.2, -0.15) is 0 Å². The molecule has 0 fully saturated rings.